The average Bonchev–Trinajstić information content (AvgIpc) is 3.25. The maximum Gasteiger partial charge on any atom is 0.307 e. The van der Waals surface area contributed by atoms with Crippen LogP contribution in [0.1, 0.15) is 21.8 Å². The van der Waals surface area contributed by atoms with Gasteiger partial charge in [-0.05, 0) is 49.4 Å². The van der Waals surface area contributed by atoms with Crippen molar-refractivity contribution in [3.05, 3.63) is 71.9 Å². The van der Waals surface area contributed by atoms with Gasteiger partial charge in [-0.25, -0.2) is 5.43 Å². The van der Waals surface area contributed by atoms with Gasteiger partial charge in [-0.1, -0.05) is 0 Å². The number of ether oxygens (including phenoxy) is 1. The first-order valence-corrected chi connectivity index (χ1v) is 7.37. The number of benzene rings is 1. The van der Waals surface area contributed by atoms with Crippen LogP contribution in [0.4, 0.5) is 0 Å². The Kier molecular flexibility index (Phi) is 4.47. The van der Waals surface area contributed by atoms with Crippen molar-refractivity contribution in [1.82, 2.24) is 9.99 Å². The summed E-state index contributed by atoms with van der Waals surface area (Å²) in [5.74, 6) is 0.646. The first-order chi connectivity index (χ1) is 11.7. The number of nitrogens with one attached hydrogen (secondary N) is 1. The highest BCUT2D eigenvalue weighted by atomic mass is 16.5. The number of rotatable bonds is 5. The van der Waals surface area contributed by atoms with E-state index in [4.69, 9.17) is 9.15 Å². The number of amides is 1. The van der Waals surface area contributed by atoms with E-state index in [1.165, 1.54) is 6.26 Å². The summed E-state index contributed by atoms with van der Waals surface area (Å²) < 4.78 is 12.2. The van der Waals surface area contributed by atoms with Crippen LogP contribution < -0.4 is 10.2 Å². The molecule has 3 aromatic rings. The summed E-state index contributed by atoms with van der Waals surface area (Å²) in [4.78, 5) is 11.7. The Morgan fingerprint density at radius 2 is 2.08 bits per heavy atom. The molecule has 0 aliphatic heterocycles. The van der Waals surface area contributed by atoms with E-state index in [1.807, 2.05) is 48.0 Å². The monoisotopic (exact) mass is 323 g/mol. The number of hydrogen-bond acceptors (Lipinski definition) is 4. The first-order valence-electron chi connectivity index (χ1n) is 7.37. The van der Waals surface area contributed by atoms with E-state index in [1.54, 1.807) is 25.5 Å². The average molecular weight is 323 g/mol. The second kappa shape index (κ2) is 6.87. The van der Waals surface area contributed by atoms with Crippen molar-refractivity contribution in [3.63, 3.8) is 0 Å². The maximum atomic E-state index is 11.7. The van der Waals surface area contributed by atoms with Crippen molar-refractivity contribution >= 4 is 12.1 Å². The van der Waals surface area contributed by atoms with Crippen molar-refractivity contribution in [2.45, 2.75) is 6.92 Å². The lowest BCUT2D eigenvalue weighted by Crippen LogP contribution is -2.16. The molecule has 3 rings (SSSR count). The van der Waals surface area contributed by atoms with Crippen LogP contribution in [0.2, 0.25) is 0 Å². The molecule has 0 bridgehead atoms. The molecule has 24 heavy (non-hydrogen) atoms. The quantitative estimate of drug-likeness (QED) is 0.579. The molecule has 1 aromatic carbocycles. The molecule has 0 fully saturated rings. The van der Waals surface area contributed by atoms with Gasteiger partial charge >= 0.3 is 5.91 Å². The van der Waals surface area contributed by atoms with Gasteiger partial charge in [0.1, 0.15) is 5.75 Å². The lowest BCUT2D eigenvalue weighted by atomic mass is 10.3. The van der Waals surface area contributed by atoms with Crippen LogP contribution in [0.5, 0.6) is 5.75 Å². The lowest BCUT2D eigenvalue weighted by Gasteiger charge is -2.06. The SMILES string of the molecule is COc1ccc(-n2cc(/C=N/NC(=O)c3ccco3)cc2C)cc1. The lowest BCUT2D eigenvalue weighted by molar-refractivity contribution is 0.0927. The number of aryl methyl sites for hydroxylation is 1. The molecule has 6 heteroatoms. The second-order valence-electron chi connectivity index (χ2n) is 5.16. The fourth-order valence-corrected chi connectivity index (χ4v) is 2.32. The van der Waals surface area contributed by atoms with E-state index in [0.717, 1.165) is 22.7 Å². The molecular formula is C18H17N3O3. The van der Waals surface area contributed by atoms with Crippen molar-refractivity contribution in [2.75, 3.05) is 7.11 Å². The van der Waals surface area contributed by atoms with Crippen LogP contribution in [-0.4, -0.2) is 23.8 Å². The number of hydrogen-bond donors (Lipinski definition) is 1. The molecule has 2 heterocycles. The smallest absolute Gasteiger partial charge is 0.307 e. The highest BCUT2D eigenvalue weighted by molar-refractivity contribution is 5.92. The summed E-state index contributed by atoms with van der Waals surface area (Å²) in [7, 11) is 1.64. The predicted molar refractivity (Wildman–Crippen MR) is 90.8 cm³/mol. The Bertz CT molecular complexity index is 846. The topological polar surface area (TPSA) is 68.8 Å². The Hall–Kier alpha value is -3.28. The second-order valence-corrected chi connectivity index (χ2v) is 5.16. The van der Waals surface area contributed by atoms with Gasteiger partial charge in [-0.2, -0.15) is 5.10 Å². The summed E-state index contributed by atoms with van der Waals surface area (Å²) >= 11 is 0. The molecule has 1 amide bonds. The predicted octanol–water partition coefficient (Wildman–Crippen LogP) is 3.15. The normalized spacial score (nSPS) is 10.9. The number of aromatic nitrogens is 1. The molecule has 0 radical (unpaired) electrons. The fraction of sp³-hybridized carbons (Fsp3) is 0.111. The van der Waals surface area contributed by atoms with Crippen LogP contribution in [-0.2, 0) is 0 Å². The van der Waals surface area contributed by atoms with E-state index < -0.39 is 0 Å². The van der Waals surface area contributed by atoms with Crippen molar-refractivity contribution < 1.29 is 13.9 Å². The van der Waals surface area contributed by atoms with Gasteiger partial charge in [0.2, 0.25) is 0 Å². The number of methoxy groups -OCH3 is 1. The molecule has 1 N–H and O–H groups in total. The van der Waals surface area contributed by atoms with Crippen LogP contribution in [0.25, 0.3) is 5.69 Å². The van der Waals surface area contributed by atoms with Crippen molar-refractivity contribution in [3.8, 4) is 11.4 Å². The molecule has 0 spiro atoms. The molecule has 0 unspecified atom stereocenters. The number of carbonyl (C=O) groups is 1. The summed E-state index contributed by atoms with van der Waals surface area (Å²) in [6.07, 6.45) is 4.98. The number of hydrazone groups is 1. The van der Waals surface area contributed by atoms with Gasteiger partial charge in [0.05, 0.1) is 19.6 Å². The largest absolute Gasteiger partial charge is 0.497 e. The summed E-state index contributed by atoms with van der Waals surface area (Å²) in [6, 6.07) is 13.0. The third-order valence-corrected chi connectivity index (χ3v) is 3.51. The molecule has 0 atom stereocenters. The van der Waals surface area contributed by atoms with Gasteiger partial charge in [-0.3, -0.25) is 4.79 Å². The van der Waals surface area contributed by atoms with Crippen molar-refractivity contribution in [1.29, 1.82) is 0 Å². The molecular weight excluding hydrogens is 306 g/mol. The van der Waals surface area contributed by atoms with E-state index in [-0.39, 0.29) is 11.7 Å². The van der Waals surface area contributed by atoms with E-state index >= 15 is 0 Å². The zero-order chi connectivity index (χ0) is 16.9. The third-order valence-electron chi connectivity index (χ3n) is 3.51. The van der Waals surface area contributed by atoms with Crippen molar-refractivity contribution in [2.24, 2.45) is 5.10 Å². The fourth-order valence-electron chi connectivity index (χ4n) is 2.32. The minimum absolute atomic E-state index is 0.221. The molecule has 0 aliphatic carbocycles. The minimum Gasteiger partial charge on any atom is -0.497 e. The zero-order valence-electron chi connectivity index (χ0n) is 13.4. The molecule has 0 aliphatic rings. The summed E-state index contributed by atoms with van der Waals surface area (Å²) in [6.45, 7) is 2.00. The third kappa shape index (κ3) is 3.38. The summed E-state index contributed by atoms with van der Waals surface area (Å²) in [5.41, 5.74) is 5.38. The van der Waals surface area contributed by atoms with Gasteiger partial charge in [0.25, 0.3) is 0 Å². The van der Waals surface area contributed by atoms with E-state index in [2.05, 4.69) is 10.5 Å². The van der Waals surface area contributed by atoms with Crippen LogP contribution >= 0.6 is 0 Å². The Balaban J connectivity index is 1.71. The Morgan fingerprint density at radius 3 is 2.75 bits per heavy atom. The molecule has 122 valence electrons. The van der Waals surface area contributed by atoms with E-state index in [0.29, 0.717) is 0 Å². The number of nitrogens with zero attached hydrogens (tertiary/aromatic N) is 2. The summed E-state index contributed by atoms with van der Waals surface area (Å²) in [5, 5.41) is 3.96. The Morgan fingerprint density at radius 1 is 1.29 bits per heavy atom. The molecule has 2 aromatic heterocycles. The van der Waals surface area contributed by atoms with E-state index in [9.17, 15) is 4.79 Å². The highest BCUT2D eigenvalue weighted by Crippen LogP contribution is 2.18. The zero-order valence-corrected chi connectivity index (χ0v) is 13.4. The minimum atomic E-state index is -0.387. The van der Waals surface area contributed by atoms with Crippen LogP contribution in [0, 0.1) is 6.92 Å². The van der Waals surface area contributed by atoms with Gasteiger partial charge in [0, 0.05) is 23.1 Å². The Labute approximate surface area is 139 Å². The van der Waals surface area contributed by atoms with Gasteiger partial charge < -0.3 is 13.7 Å². The van der Waals surface area contributed by atoms with Crippen LogP contribution in [0.15, 0.2) is 64.4 Å². The van der Waals surface area contributed by atoms with Crippen LogP contribution in [0.3, 0.4) is 0 Å². The molecule has 0 saturated carbocycles. The number of furan rings is 1. The molecule has 6 nitrogen and oxygen atoms in total. The highest BCUT2D eigenvalue weighted by Gasteiger charge is 2.07. The standard InChI is InChI=1S/C18H17N3O3/c1-13-10-14(11-19-20-18(22)17-4-3-9-24-17)12-21(13)15-5-7-16(23-2)8-6-15/h3-12H,1-2H3,(H,20,22)/b19-11+. The van der Waals surface area contributed by atoms with Gasteiger partial charge in [0.15, 0.2) is 5.76 Å². The molecule has 0 saturated heterocycles. The van der Waals surface area contributed by atoms with Gasteiger partial charge in [-0.15, -0.1) is 0 Å². The maximum absolute atomic E-state index is 11.7. The first kappa shape index (κ1) is 15.6. The number of carbonyl (C=O) groups excluding carboxylic acids is 1.